The van der Waals surface area contributed by atoms with E-state index in [0.29, 0.717) is 10.5 Å². The lowest BCUT2D eigenvalue weighted by Gasteiger charge is -2.50. The van der Waals surface area contributed by atoms with E-state index in [4.69, 9.17) is 27.9 Å². The molecule has 2 aromatic rings. The number of alkyl halides is 2. The number of nitro groups is 2. The third kappa shape index (κ3) is 4.11. The monoisotopic (exact) mass is 687 g/mol. The number of halogens is 2. The minimum absolute atomic E-state index is 0.0514. The molecule has 2 heterocycles. The molecule has 1 N–H and O–H groups in total. The highest BCUT2D eigenvalue weighted by Gasteiger charge is 2.76. The first kappa shape index (κ1) is 32.2. The molecule has 2 aromatic carbocycles. The van der Waals surface area contributed by atoms with E-state index in [9.17, 15) is 44.5 Å². The van der Waals surface area contributed by atoms with Gasteiger partial charge in [0.1, 0.15) is 11.5 Å². The number of likely N-dealkylation sites (tertiary alicyclic amines) is 1. The zero-order valence-corrected chi connectivity index (χ0v) is 26.8. The molecule has 15 nitrogen and oxygen atoms in total. The van der Waals surface area contributed by atoms with Gasteiger partial charge < -0.3 is 14.7 Å². The summed E-state index contributed by atoms with van der Waals surface area (Å²) in [6.45, 7) is 0. The topological polar surface area (TPSA) is 194 Å². The standard InChI is InChI=1S/C30H27Cl2N5O10/c1-33(2)24-17(36(43)44)10-13(11-18(24)37(45)46)35-25(39)15-9-8-14-16(21(15)26(35)40)12-29(31)27(41)34(3)28(42)30(29,32)23(14)22-19(38)6-5-7-20(22)47-4/h5-8,10-11,15-16,21,23,38H,9,12H2,1-4H3/t15-,16+,21-,23+,29+,30-/m0/s1. The SMILES string of the molecule is COc1cccc(O)c1[C@H]1C2=CC[C@@H]3C(=O)N(c4cc([N+](=O)[O-])c(N(C)C)c([N+](=O)[O-])c4)C(=O)[C@@H]3[C@@H]2C[C@@]2(Cl)C(=O)N(C)C(=O)[C@@]12Cl. The zero-order valence-electron chi connectivity index (χ0n) is 25.3. The van der Waals surface area contributed by atoms with Gasteiger partial charge in [-0.3, -0.25) is 44.3 Å². The first-order valence-corrected chi connectivity index (χ1v) is 15.1. The first-order valence-electron chi connectivity index (χ1n) is 14.3. The Kier molecular flexibility index (Phi) is 7.28. The van der Waals surface area contributed by atoms with Crippen LogP contribution in [0.4, 0.5) is 22.7 Å². The van der Waals surface area contributed by atoms with Crippen LogP contribution in [0.15, 0.2) is 42.0 Å². The number of phenolic OH excluding ortho intramolecular Hbond substituents is 1. The molecule has 6 atom stereocenters. The van der Waals surface area contributed by atoms with Crippen LogP contribution in [0.5, 0.6) is 11.5 Å². The maximum Gasteiger partial charge on any atom is 0.301 e. The Morgan fingerprint density at radius 3 is 2.17 bits per heavy atom. The number of hydrogen-bond acceptors (Lipinski definition) is 11. The molecular formula is C30H27Cl2N5O10. The van der Waals surface area contributed by atoms with Gasteiger partial charge in [-0.05, 0) is 30.9 Å². The molecule has 0 radical (unpaired) electrons. The molecule has 2 saturated heterocycles. The zero-order chi connectivity index (χ0) is 34.5. The second kappa shape index (κ2) is 10.6. The first-order chi connectivity index (χ1) is 22.0. The van der Waals surface area contributed by atoms with Crippen LogP contribution in [0.2, 0.25) is 0 Å². The molecule has 47 heavy (non-hydrogen) atoms. The van der Waals surface area contributed by atoms with E-state index >= 15 is 0 Å². The van der Waals surface area contributed by atoms with E-state index in [1.807, 2.05) is 0 Å². The Morgan fingerprint density at radius 1 is 1.00 bits per heavy atom. The summed E-state index contributed by atoms with van der Waals surface area (Å²) in [5.74, 6) is -7.95. The Labute approximate surface area is 276 Å². The molecule has 4 amide bonds. The smallest absolute Gasteiger partial charge is 0.301 e. The number of ether oxygens (including phenoxy) is 1. The quantitative estimate of drug-likeness (QED) is 0.154. The maximum atomic E-state index is 14.3. The van der Waals surface area contributed by atoms with Crippen LogP contribution in [-0.2, 0) is 19.2 Å². The van der Waals surface area contributed by atoms with Gasteiger partial charge in [0.05, 0.1) is 34.5 Å². The Morgan fingerprint density at radius 2 is 1.62 bits per heavy atom. The molecule has 3 fully saturated rings. The van der Waals surface area contributed by atoms with Crippen molar-refractivity contribution in [2.24, 2.45) is 17.8 Å². The third-order valence-corrected chi connectivity index (χ3v) is 11.1. The van der Waals surface area contributed by atoms with Gasteiger partial charge in [0.25, 0.3) is 11.8 Å². The highest BCUT2D eigenvalue weighted by atomic mass is 35.5. The number of nitro benzene ring substituents is 2. The van der Waals surface area contributed by atoms with Crippen molar-refractivity contribution in [2.75, 3.05) is 38.1 Å². The third-order valence-electron chi connectivity index (χ3n) is 9.72. The maximum absolute atomic E-state index is 14.3. The Bertz CT molecular complexity index is 1830. The van der Waals surface area contributed by atoms with Gasteiger partial charge in [0.2, 0.25) is 11.8 Å². The molecule has 17 heteroatoms. The van der Waals surface area contributed by atoms with Crippen LogP contribution < -0.4 is 14.5 Å². The fourth-order valence-electron chi connectivity index (χ4n) is 7.77. The fraction of sp³-hybridized carbons (Fsp3) is 0.400. The number of aromatic hydroxyl groups is 1. The second-order valence-electron chi connectivity index (χ2n) is 12.1. The average molecular weight is 688 g/mol. The van der Waals surface area contributed by atoms with E-state index in [-0.39, 0.29) is 41.3 Å². The number of anilines is 2. The Balaban J connectivity index is 1.53. The minimum Gasteiger partial charge on any atom is -0.508 e. The molecule has 246 valence electrons. The predicted molar refractivity (Wildman–Crippen MR) is 167 cm³/mol. The highest BCUT2D eigenvalue weighted by Crippen LogP contribution is 2.67. The number of benzene rings is 2. The van der Waals surface area contributed by atoms with Crippen LogP contribution >= 0.6 is 23.2 Å². The highest BCUT2D eigenvalue weighted by molar-refractivity contribution is 6.53. The fourth-order valence-corrected chi connectivity index (χ4v) is 8.77. The summed E-state index contributed by atoms with van der Waals surface area (Å²) in [5, 5.41) is 35.1. The van der Waals surface area contributed by atoms with Crippen molar-refractivity contribution < 1.29 is 38.9 Å². The number of amides is 4. The van der Waals surface area contributed by atoms with Crippen molar-refractivity contribution >= 4 is 69.6 Å². The molecule has 0 spiro atoms. The molecule has 2 aliphatic carbocycles. The number of allylic oxidation sites excluding steroid dienone is 2. The van der Waals surface area contributed by atoms with Crippen molar-refractivity contribution in [3.05, 3.63) is 67.8 Å². The normalized spacial score (nSPS) is 29.7. The van der Waals surface area contributed by atoms with Crippen molar-refractivity contribution in [3.8, 4) is 11.5 Å². The van der Waals surface area contributed by atoms with E-state index < -0.39 is 78.3 Å². The molecule has 0 aromatic heterocycles. The molecule has 2 aliphatic heterocycles. The largest absolute Gasteiger partial charge is 0.508 e. The summed E-state index contributed by atoms with van der Waals surface area (Å²) in [7, 11) is 5.32. The molecule has 1 saturated carbocycles. The molecular weight excluding hydrogens is 661 g/mol. The molecule has 6 rings (SSSR count). The van der Waals surface area contributed by atoms with Gasteiger partial charge in [-0.15, -0.1) is 23.2 Å². The van der Waals surface area contributed by atoms with Crippen LogP contribution in [0.3, 0.4) is 0 Å². The van der Waals surface area contributed by atoms with E-state index in [2.05, 4.69) is 0 Å². The van der Waals surface area contributed by atoms with Crippen LogP contribution in [0.1, 0.15) is 24.3 Å². The summed E-state index contributed by atoms with van der Waals surface area (Å²) < 4.78 is 5.52. The minimum atomic E-state index is -2.17. The number of imide groups is 2. The van der Waals surface area contributed by atoms with Gasteiger partial charge in [-0.25, -0.2) is 4.90 Å². The number of carbonyl (C=O) groups is 4. The molecule has 0 bridgehead atoms. The molecule has 0 unspecified atom stereocenters. The van der Waals surface area contributed by atoms with Crippen molar-refractivity contribution in [2.45, 2.75) is 28.5 Å². The van der Waals surface area contributed by atoms with E-state index in [0.717, 1.165) is 17.0 Å². The Hall–Kier alpha value is -4.76. The lowest BCUT2D eigenvalue weighted by atomic mass is 9.56. The summed E-state index contributed by atoms with van der Waals surface area (Å²) in [4.78, 5) is 76.4. The number of fused-ring (bicyclic) bond motifs is 4. The lowest BCUT2D eigenvalue weighted by molar-refractivity contribution is -0.392. The van der Waals surface area contributed by atoms with Crippen molar-refractivity contribution in [3.63, 3.8) is 0 Å². The molecule has 4 aliphatic rings. The van der Waals surface area contributed by atoms with Gasteiger partial charge in [-0.1, -0.05) is 17.7 Å². The number of phenols is 1. The van der Waals surface area contributed by atoms with E-state index in [1.54, 1.807) is 6.08 Å². The second-order valence-corrected chi connectivity index (χ2v) is 13.4. The lowest BCUT2D eigenvalue weighted by Crippen LogP contribution is -2.60. The summed E-state index contributed by atoms with van der Waals surface area (Å²) in [5.41, 5.74) is -1.65. The predicted octanol–water partition coefficient (Wildman–Crippen LogP) is 3.48. The van der Waals surface area contributed by atoms with Gasteiger partial charge in [0, 0.05) is 44.8 Å². The summed E-state index contributed by atoms with van der Waals surface area (Å²) in [6.07, 6.45) is 1.23. The number of hydrogen-bond donors (Lipinski definition) is 1. The summed E-state index contributed by atoms with van der Waals surface area (Å²) >= 11 is 14.3. The summed E-state index contributed by atoms with van der Waals surface area (Å²) in [6, 6.07) is 6.23. The van der Waals surface area contributed by atoms with Crippen LogP contribution in [-0.4, -0.2) is 81.5 Å². The van der Waals surface area contributed by atoms with Gasteiger partial charge in [0.15, 0.2) is 15.4 Å². The number of methoxy groups -OCH3 is 1. The van der Waals surface area contributed by atoms with Gasteiger partial charge >= 0.3 is 11.4 Å². The van der Waals surface area contributed by atoms with Crippen molar-refractivity contribution in [1.29, 1.82) is 0 Å². The average Bonchev–Trinajstić information content (AvgIpc) is 3.35. The number of carbonyl (C=O) groups excluding carboxylic acids is 4. The number of rotatable bonds is 6. The number of nitrogens with zero attached hydrogens (tertiary/aromatic N) is 5. The van der Waals surface area contributed by atoms with Crippen molar-refractivity contribution in [1.82, 2.24) is 4.90 Å². The van der Waals surface area contributed by atoms with E-state index in [1.165, 1.54) is 51.4 Å². The van der Waals surface area contributed by atoms with Crippen LogP contribution in [0.25, 0.3) is 0 Å². The van der Waals surface area contributed by atoms with Gasteiger partial charge in [-0.2, -0.15) is 0 Å². The van der Waals surface area contributed by atoms with Crippen LogP contribution in [0, 0.1) is 38.0 Å².